The number of nitrogens with two attached hydrogens (primary N) is 1. The summed E-state index contributed by atoms with van der Waals surface area (Å²) in [4.78, 5) is 18.8. The van der Waals surface area contributed by atoms with Crippen LogP contribution in [0.5, 0.6) is 0 Å². The van der Waals surface area contributed by atoms with Gasteiger partial charge in [-0.05, 0) is 35.2 Å². The van der Waals surface area contributed by atoms with Crippen molar-refractivity contribution in [1.82, 2.24) is 9.88 Å². The summed E-state index contributed by atoms with van der Waals surface area (Å²) in [6.07, 6.45) is 2.20. The molecule has 1 aliphatic carbocycles. The van der Waals surface area contributed by atoms with Gasteiger partial charge in [-0.25, -0.2) is 4.98 Å². The quantitative estimate of drug-likeness (QED) is 0.921. The van der Waals surface area contributed by atoms with Crippen molar-refractivity contribution >= 4 is 28.6 Å². The molecule has 0 aromatic carbocycles. The maximum Gasteiger partial charge on any atom is 0.273 e. The minimum atomic E-state index is 0.0321. The van der Waals surface area contributed by atoms with Gasteiger partial charge in [0.25, 0.3) is 5.91 Å². The molecule has 2 heterocycles. The van der Waals surface area contributed by atoms with Gasteiger partial charge in [0.1, 0.15) is 10.7 Å². The van der Waals surface area contributed by atoms with Gasteiger partial charge in [0.05, 0.1) is 0 Å². The van der Waals surface area contributed by atoms with Crippen LogP contribution >= 0.6 is 22.7 Å². The number of rotatable bonds is 5. The van der Waals surface area contributed by atoms with Crippen molar-refractivity contribution in [2.24, 2.45) is 5.73 Å². The topological polar surface area (TPSA) is 59.2 Å². The summed E-state index contributed by atoms with van der Waals surface area (Å²) in [5.74, 6) is 0.0321. The first-order valence-electron chi connectivity index (χ1n) is 6.24. The summed E-state index contributed by atoms with van der Waals surface area (Å²) in [7, 11) is 0. The molecular weight excluding hydrogens is 278 g/mol. The minimum absolute atomic E-state index is 0.0321. The highest BCUT2D eigenvalue weighted by Gasteiger charge is 2.33. The number of amides is 1. The SMILES string of the molecule is NCc1nc(C(=O)N(Cc2ccsc2)C2CC2)cs1. The molecule has 3 rings (SSSR count). The smallest absolute Gasteiger partial charge is 0.273 e. The molecule has 0 radical (unpaired) electrons. The maximum absolute atomic E-state index is 12.5. The van der Waals surface area contributed by atoms with Crippen LogP contribution in [0.15, 0.2) is 22.2 Å². The van der Waals surface area contributed by atoms with Gasteiger partial charge in [0.15, 0.2) is 0 Å². The molecule has 2 N–H and O–H groups in total. The summed E-state index contributed by atoms with van der Waals surface area (Å²) < 4.78 is 0. The molecule has 19 heavy (non-hydrogen) atoms. The molecule has 0 unspecified atom stereocenters. The van der Waals surface area contributed by atoms with Gasteiger partial charge in [-0.3, -0.25) is 4.79 Å². The summed E-state index contributed by atoms with van der Waals surface area (Å²) >= 11 is 3.11. The van der Waals surface area contributed by atoms with E-state index in [4.69, 9.17) is 5.73 Å². The molecule has 1 fully saturated rings. The van der Waals surface area contributed by atoms with E-state index in [0.29, 0.717) is 24.8 Å². The lowest BCUT2D eigenvalue weighted by Crippen LogP contribution is -2.32. The molecule has 0 bridgehead atoms. The van der Waals surface area contributed by atoms with E-state index in [1.807, 2.05) is 15.7 Å². The van der Waals surface area contributed by atoms with Crippen LogP contribution in [0, 0.1) is 0 Å². The second kappa shape index (κ2) is 5.40. The Bertz CT molecular complexity index is 560. The Kier molecular flexibility index (Phi) is 3.63. The normalized spacial score (nSPS) is 14.6. The van der Waals surface area contributed by atoms with E-state index < -0.39 is 0 Å². The van der Waals surface area contributed by atoms with Crippen molar-refractivity contribution < 1.29 is 4.79 Å². The van der Waals surface area contributed by atoms with Crippen LogP contribution in [-0.2, 0) is 13.1 Å². The zero-order chi connectivity index (χ0) is 13.2. The Morgan fingerprint density at radius 1 is 1.47 bits per heavy atom. The fraction of sp³-hybridized carbons (Fsp3) is 0.385. The maximum atomic E-state index is 12.5. The van der Waals surface area contributed by atoms with Crippen LogP contribution in [0.2, 0.25) is 0 Å². The lowest BCUT2D eigenvalue weighted by atomic mass is 10.3. The number of carbonyl (C=O) groups excluding carboxylic acids is 1. The van der Waals surface area contributed by atoms with E-state index in [-0.39, 0.29) is 5.91 Å². The molecule has 2 aromatic heterocycles. The van der Waals surface area contributed by atoms with E-state index in [1.165, 1.54) is 16.9 Å². The Morgan fingerprint density at radius 3 is 2.89 bits per heavy atom. The van der Waals surface area contributed by atoms with E-state index >= 15 is 0 Å². The molecule has 0 saturated heterocycles. The molecule has 0 atom stereocenters. The molecule has 4 nitrogen and oxygen atoms in total. The zero-order valence-corrected chi connectivity index (χ0v) is 12.0. The number of nitrogens with zero attached hydrogens (tertiary/aromatic N) is 2. The van der Waals surface area contributed by atoms with Gasteiger partial charge in [-0.2, -0.15) is 11.3 Å². The van der Waals surface area contributed by atoms with Crippen molar-refractivity contribution in [3.8, 4) is 0 Å². The van der Waals surface area contributed by atoms with E-state index in [2.05, 4.69) is 16.4 Å². The summed E-state index contributed by atoms with van der Waals surface area (Å²) in [5, 5.41) is 6.76. The number of aromatic nitrogens is 1. The fourth-order valence-corrected chi connectivity index (χ4v) is 3.29. The fourth-order valence-electron chi connectivity index (χ4n) is 1.98. The number of hydrogen-bond acceptors (Lipinski definition) is 5. The minimum Gasteiger partial charge on any atom is -0.330 e. The first-order chi connectivity index (χ1) is 9.28. The monoisotopic (exact) mass is 293 g/mol. The molecular formula is C13H15N3OS2. The predicted molar refractivity (Wildman–Crippen MR) is 77.2 cm³/mol. The number of thiazole rings is 1. The van der Waals surface area contributed by atoms with Gasteiger partial charge in [0, 0.05) is 24.5 Å². The summed E-state index contributed by atoms with van der Waals surface area (Å²) in [6.45, 7) is 1.08. The molecule has 6 heteroatoms. The van der Waals surface area contributed by atoms with Gasteiger partial charge >= 0.3 is 0 Å². The summed E-state index contributed by atoms with van der Waals surface area (Å²) in [5.41, 5.74) is 7.27. The van der Waals surface area contributed by atoms with Crippen LogP contribution < -0.4 is 5.73 Å². The Labute approximate surface area is 119 Å². The summed E-state index contributed by atoms with van der Waals surface area (Å²) in [6, 6.07) is 2.45. The number of carbonyl (C=O) groups is 1. The van der Waals surface area contributed by atoms with E-state index in [1.54, 1.807) is 11.3 Å². The molecule has 2 aromatic rings. The number of hydrogen-bond donors (Lipinski definition) is 1. The van der Waals surface area contributed by atoms with Crippen LogP contribution in [0.1, 0.15) is 33.9 Å². The third-order valence-corrected chi connectivity index (χ3v) is 4.73. The first kappa shape index (κ1) is 12.8. The highest BCUT2D eigenvalue weighted by atomic mass is 32.1. The largest absolute Gasteiger partial charge is 0.330 e. The zero-order valence-electron chi connectivity index (χ0n) is 10.4. The Hall–Kier alpha value is -1.24. The van der Waals surface area contributed by atoms with Crippen molar-refractivity contribution in [3.63, 3.8) is 0 Å². The number of thiophene rings is 1. The second-order valence-corrected chi connectivity index (χ2v) is 6.35. The molecule has 1 saturated carbocycles. The second-order valence-electron chi connectivity index (χ2n) is 4.63. The van der Waals surface area contributed by atoms with Crippen LogP contribution in [-0.4, -0.2) is 21.8 Å². The third kappa shape index (κ3) is 2.86. The van der Waals surface area contributed by atoms with Crippen molar-refractivity contribution in [3.05, 3.63) is 38.5 Å². The molecule has 1 aliphatic rings. The lowest BCUT2D eigenvalue weighted by Gasteiger charge is -2.20. The Morgan fingerprint density at radius 2 is 2.32 bits per heavy atom. The van der Waals surface area contributed by atoms with Crippen molar-refractivity contribution in [1.29, 1.82) is 0 Å². The van der Waals surface area contributed by atoms with E-state index in [9.17, 15) is 4.79 Å². The molecule has 0 spiro atoms. The molecule has 1 amide bonds. The average Bonchev–Trinajstić information content (AvgIpc) is 2.95. The average molecular weight is 293 g/mol. The van der Waals surface area contributed by atoms with Crippen molar-refractivity contribution in [2.75, 3.05) is 0 Å². The van der Waals surface area contributed by atoms with Gasteiger partial charge in [0.2, 0.25) is 0 Å². The molecule has 0 aliphatic heterocycles. The molecule has 100 valence electrons. The van der Waals surface area contributed by atoms with Gasteiger partial charge in [-0.15, -0.1) is 11.3 Å². The van der Waals surface area contributed by atoms with Crippen molar-refractivity contribution in [2.45, 2.75) is 32.0 Å². The third-order valence-electron chi connectivity index (χ3n) is 3.13. The van der Waals surface area contributed by atoms with Gasteiger partial charge < -0.3 is 10.6 Å². The van der Waals surface area contributed by atoms with Crippen LogP contribution in [0.25, 0.3) is 0 Å². The first-order valence-corrected chi connectivity index (χ1v) is 8.06. The van der Waals surface area contributed by atoms with Gasteiger partial charge in [-0.1, -0.05) is 0 Å². The predicted octanol–water partition coefficient (Wildman–Crippen LogP) is 2.47. The lowest BCUT2D eigenvalue weighted by molar-refractivity contribution is 0.0725. The van der Waals surface area contributed by atoms with Crippen LogP contribution in [0.4, 0.5) is 0 Å². The highest BCUT2D eigenvalue weighted by Crippen LogP contribution is 2.30. The van der Waals surface area contributed by atoms with Crippen LogP contribution in [0.3, 0.4) is 0 Å². The Balaban J connectivity index is 1.77. The standard InChI is InChI=1S/C13H15N3OS2/c14-5-12-15-11(8-19-12)13(17)16(10-1-2-10)6-9-3-4-18-7-9/h3-4,7-8,10H,1-2,5-6,14H2. The van der Waals surface area contributed by atoms with E-state index in [0.717, 1.165) is 17.8 Å². The highest BCUT2D eigenvalue weighted by molar-refractivity contribution is 7.09.